The maximum atomic E-state index is 12.2. The molecule has 0 bridgehead atoms. The second kappa shape index (κ2) is 5.81. The predicted octanol–water partition coefficient (Wildman–Crippen LogP) is 4.05. The zero-order valence-electron chi connectivity index (χ0n) is 10.6. The summed E-state index contributed by atoms with van der Waals surface area (Å²) in [5.41, 5.74) is 1.08. The van der Waals surface area contributed by atoms with Crippen molar-refractivity contribution in [2.45, 2.75) is 13.3 Å². The van der Waals surface area contributed by atoms with E-state index in [-0.39, 0.29) is 5.75 Å². The Balaban J connectivity index is 2.22. The number of alkyl halides is 3. The zero-order valence-corrected chi connectivity index (χ0v) is 10.6. The molecule has 0 amide bonds. The first-order valence-corrected chi connectivity index (χ1v) is 5.93. The minimum absolute atomic E-state index is 0.273. The van der Waals surface area contributed by atoms with E-state index >= 15 is 0 Å². The van der Waals surface area contributed by atoms with Crippen LogP contribution in [0.5, 0.6) is 11.5 Å². The molecule has 0 N–H and O–H groups in total. The molecule has 0 unspecified atom stereocenters. The number of benzene rings is 1. The van der Waals surface area contributed by atoms with Gasteiger partial charge in [0.15, 0.2) is 0 Å². The summed E-state index contributed by atoms with van der Waals surface area (Å²) in [6.45, 7) is 2.38. The Kier molecular flexibility index (Phi) is 4.12. The van der Waals surface area contributed by atoms with Gasteiger partial charge in [-0.15, -0.1) is 13.2 Å². The normalized spacial score (nSPS) is 11.2. The molecule has 0 aliphatic heterocycles. The zero-order chi connectivity index (χ0) is 14.6. The van der Waals surface area contributed by atoms with Crippen LogP contribution in [0.2, 0.25) is 0 Å². The van der Waals surface area contributed by atoms with Gasteiger partial charge in [-0.1, -0.05) is 12.1 Å². The van der Waals surface area contributed by atoms with Gasteiger partial charge in [-0.25, -0.2) is 0 Å². The molecule has 20 heavy (non-hydrogen) atoms. The van der Waals surface area contributed by atoms with Crippen LogP contribution in [0, 0.1) is 0 Å². The number of aromatic nitrogens is 1. The lowest BCUT2D eigenvalue weighted by molar-refractivity contribution is -0.274. The Bertz CT molecular complexity index is 567. The summed E-state index contributed by atoms with van der Waals surface area (Å²) in [5.74, 6) is 0.338. The molecule has 1 aromatic carbocycles. The van der Waals surface area contributed by atoms with E-state index in [0.717, 1.165) is 0 Å². The molecule has 0 radical (unpaired) electrons. The molecule has 1 aromatic heterocycles. The van der Waals surface area contributed by atoms with Crippen LogP contribution in [0.25, 0.3) is 11.3 Å². The van der Waals surface area contributed by atoms with Crippen LogP contribution in [-0.4, -0.2) is 18.0 Å². The average molecular weight is 283 g/mol. The predicted molar refractivity (Wildman–Crippen MR) is 67.5 cm³/mol. The van der Waals surface area contributed by atoms with Crippen LogP contribution in [0.15, 0.2) is 42.6 Å². The Morgan fingerprint density at radius 1 is 1.10 bits per heavy atom. The van der Waals surface area contributed by atoms with Gasteiger partial charge in [-0.3, -0.25) is 4.98 Å². The summed E-state index contributed by atoms with van der Waals surface area (Å²) in [6.07, 6.45) is -3.18. The van der Waals surface area contributed by atoms with Gasteiger partial charge in [-0.2, -0.15) is 0 Å². The molecule has 2 aromatic rings. The van der Waals surface area contributed by atoms with Crippen LogP contribution in [0.1, 0.15) is 6.92 Å². The Labute approximate surface area is 114 Å². The highest BCUT2D eigenvalue weighted by atomic mass is 19.4. The smallest absolute Gasteiger partial charge is 0.492 e. The first-order chi connectivity index (χ1) is 9.48. The number of ether oxygens (including phenoxy) is 2. The Morgan fingerprint density at radius 2 is 1.90 bits per heavy atom. The van der Waals surface area contributed by atoms with Gasteiger partial charge in [0.25, 0.3) is 0 Å². The summed E-state index contributed by atoms with van der Waals surface area (Å²) in [7, 11) is 0. The third-order valence-corrected chi connectivity index (χ3v) is 2.41. The number of hydrogen-bond donors (Lipinski definition) is 0. The summed E-state index contributed by atoms with van der Waals surface area (Å²) in [5, 5.41) is 0. The van der Waals surface area contributed by atoms with Crippen LogP contribution >= 0.6 is 0 Å². The van der Waals surface area contributed by atoms with E-state index in [1.165, 1.54) is 24.4 Å². The van der Waals surface area contributed by atoms with Crippen LogP contribution < -0.4 is 9.47 Å². The molecule has 0 saturated carbocycles. The summed E-state index contributed by atoms with van der Waals surface area (Å²) >= 11 is 0. The van der Waals surface area contributed by atoms with E-state index in [0.29, 0.717) is 23.6 Å². The van der Waals surface area contributed by atoms with E-state index in [1.54, 1.807) is 18.2 Å². The number of halogens is 3. The molecular weight excluding hydrogens is 271 g/mol. The summed E-state index contributed by atoms with van der Waals surface area (Å²) < 4.78 is 45.6. The highest BCUT2D eigenvalue weighted by Crippen LogP contribution is 2.27. The van der Waals surface area contributed by atoms with Crippen molar-refractivity contribution in [3.05, 3.63) is 42.6 Å². The van der Waals surface area contributed by atoms with Gasteiger partial charge in [-0.05, 0) is 31.2 Å². The van der Waals surface area contributed by atoms with Crippen molar-refractivity contribution in [1.82, 2.24) is 4.98 Å². The second-order valence-electron chi connectivity index (χ2n) is 3.89. The van der Waals surface area contributed by atoms with Crippen molar-refractivity contribution in [2.75, 3.05) is 6.61 Å². The van der Waals surface area contributed by atoms with Gasteiger partial charge in [0.05, 0.1) is 18.5 Å². The van der Waals surface area contributed by atoms with Crippen molar-refractivity contribution < 1.29 is 22.6 Å². The second-order valence-corrected chi connectivity index (χ2v) is 3.89. The molecule has 0 saturated heterocycles. The monoisotopic (exact) mass is 283 g/mol. The minimum atomic E-state index is -4.70. The highest BCUT2D eigenvalue weighted by Gasteiger charge is 2.31. The van der Waals surface area contributed by atoms with Crippen molar-refractivity contribution in [1.29, 1.82) is 0 Å². The lowest BCUT2D eigenvalue weighted by atomic mass is 10.1. The fourth-order valence-electron chi connectivity index (χ4n) is 1.66. The molecule has 0 fully saturated rings. The first kappa shape index (κ1) is 14.2. The fourth-order valence-corrected chi connectivity index (χ4v) is 1.66. The standard InChI is InChI=1S/C14H12F3NO2/c1-2-19-12-6-7-13(18-9-12)10-4-3-5-11(8-10)20-14(15,16)17/h3-9H,2H2,1H3. The van der Waals surface area contributed by atoms with Crippen molar-refractivity contribution >= 4 is 0 Å². The van der Waals surface area contributed by atoms with Crippen molar-refractivity contribution in [3.8, 4) is 22.8 Å². The third-order valence-electron chi connectivity index (χ3n) is 2.41. The topological polar surface area (TPSA) is 31.4 Å². The maximum Gasteiger partial charge on any atom is 0.573 e. The molecule has 2 rings (SSSR count). The minimum Gasteiger partial charge on any atom is -0.492 e. The Morgan fingerprint density at radius 3 is 2.50 bits per heavy atom. The van der Waals surface area contributed by atoms with Crippen LogP contribution in [0.4, 0.5) is 13.2 Å². The van der Waals surface area contributed by atoms with Crippen LogP contribution in [-0.2, 0) is 0 Å². The molecule has 106 valence electrons. The van der Waals surface area contributed by atoms with E-state index < -0.39 is 6.36 Å². The highest BCUT2D eigenvalue weighted by molar-refractivity contribution is 5.61. The quantitative estimate of drug-likeness (QED) is 0.848. The average Bonchev–Trinajstić information content (AvgIpc) is 2.38. The van der Waals surface area contributed by atoms with Gasteiger partial charge in [0, 0.05) is 5.56 Å². The largest absolute Gasteiger partial charge is 0.573 e. The Hall–Kier alpha value is -2.24. The lowest BCUT2D eigenvalue weighted by Crippen LogP contribution is -2.17. The molecule has 0 aliphatic rings. The summed E-state index contributed by atoms with van der Waals surface area (Å²) in [4.78, 5) is 4.14. The van der Waals surface area contributed by atoms with Gasteiger partial charge >= 0.3 is 6.36 Å². The molecular formula is C14H12F3NO2. The van der Waals surface area contributed by atoms with Crippen molar-refractivity contribution in [3.63, 3.8) is 0 Å². The molecule has 1 heterocycles. The molecule has 6 heteroatoms. The van der Waals surface area contributed by atoms with E-state index in [2.05, 4.69) is 9.72 Å². The molecule has 0 aliphatic carbocycles. The fraction of sp³-hybridized carbons (Fsp3) is 0.214. The molecule has 3 nitrogen and oxygen atoms in total. The van der Waals surface area contributed by atoms with E-state index in [9.17, 15) is 13.2 Å². The lowest BCUT2D eigenvalue weighted by Gasteiger charge is -2.10. The van der Waals surface area contributed by atoms with Crippen LogP contribution in [0.3, 0.4) is 0 Å². The molecule has 0 spiro atoms. The third kappa shape index (κ3) is 3.88. The SMILES string of the molecule is CCOc1ccc(-c2cccc(OC(F)(F)F)c2)nc1. The number of hydrogen-bond acceptors (Lipinski definition) is 3. The molecule has 0 atom stereocenters. The van der Waals surface area contributed by atoms with Crippen molar-refractivity contribution in [2.24, 2.45) is 0 Å². The first-order valence-electron chi connectivity index (χ1n) is 5.93. The van der Waals surface area contributed by atoms with E-state index in [4.69, 9.17) is 4.74 Å². The number of pyridine rings is 1. The maximum absolute atomic E-state index is 12.2. The number of nitrogens with zero attached hydrogens (tertiary/aromatic N) is 1. The van der Waals surface area contributed by atoms with Gasteiger partial charge < -0.3 is 9.47 Å². The van der Waals surface area contributed by atoms with E-state index in [1.807, 2.05) is 6.92 Å². The summed E-state index contributed by atoms with van der Waals surface area (Å²) in [6, 6.07) is 9.06. The van der Waals surface area contributed by atoms with Gasteiger partial charge in [0.1, 0.15) is 11.5 Å². The van der Waals surface area contributed by atoms with Gasteiger partial charge in [0.2, 0.25) is 0 Å². The number of rotatable bonds is 4.